The van der Waals surface area contributed by atoms with Crippen molar-refractivity contribution in [3.05, 3.63) is 59.9 Å². The predicted octanol–water partition coefficient (Wildman–Crippen LogP) is 3.44. The normalized spacial score (nSPS) is 10.3. The third kappa shape index (κ3) is 5.57. The molecule has 0 N–H and O–H groups in total. The highest BCUT2D eigenvalue weighted by molar-refractivity contribution is 5.75. The summed E-state index contributed by atoms with van der Waals surface area (Å²) < 4.78 is 24.3. The van der Waals surface area contributed by atoms with Crippen LogP contribution in [-0.4, -0.2) is 37.6 Å². The van der Waals surface area contributed by atoms with Gasteiger partial charge < -0.3 is 14.4 Å². The predicted molar refractivity (Wildman–Crippen MR) is 90.8 cm³/mol. The maximum atomic E-state index is 13.4. The van der Waals surface area contributed by atoms with Gasteiger partial charge in [-0.3, -0.25) is 4.79 Å². The average molecular weight is 331 g/mol. The van der Waals surface area contributed by atoms with E-state index in [4.69, 9.17) is 9.47 Å². The molecule has 0 heterocycles. The van der Waals surface area contributed by atoms with Crippen LogP contribution >= 0.6 is 0 Å². The molecule has 0 unspecified atom stereocenters. The zero-order valence-corrected chi connectivity index (χ0v) is 14.0. The third-order valence-electron chi connectivity index (χ3n) is 3.55. The van der Waals surface area contributed by atoms with E-state index >= 15 is 0 Å². The van der Waals surface area contributed by atoms with Gasteiger partial charge in [0, 0.05) is 7.05 Å². The number of benzene rings is 2. The van der Waals surface area contributed by atoms with Gasteiger partial charge in [-0.05, 0) is 31.2 Å². The van der Waals surface area contributed by atoms with Gasteiger partial charge >= 0.3 is 0 Å². The molecule has 0 aromatic heterocycles. The number of likely N-dealkylation sites (N-methyl/N-ethyl adjacent to an activating group) is 1. The molecule has 4 nitrogen and oxygen atoms in total. The number of nitrogens with zero attached hydrogens (tertiary/aromatic N) is 1. The largest absolute Gasteiger partial charge is 0.492 e. The molecule has 0 saturated heterocycles. The van der Waals surface area contributed by atoms with E-state index in [-0.39, 0.29) is 24.7 Å². The number of carbonyl (C=O) groups is 1. The minimum absolute atomic E-state index is 0.0705. The number of rotatable bonds is 8. The Labute approximate surface area is 141 Å². The lowest BCUT2D eigenvalue weighted by Gasteiger charge is -2.17. The number of para-hydroxylation sites is 1. The molecule has 0 aliphatic heterocycles. The Morgan fingerprint density at radius 3 is 2.46 bits per heavy atom. The number of halogens is 1. The molecular formula is C19H22FNO3. The molecule has 0 bridgehead atoms. The van der Waals surface area contributed by atoms with Gasteiger partial charge in [0.1, 0.15) is 12.4 Å². The Kier molecular flexibility index (Phi) is 6.61. The molecule has 2 aromatic rings. The van der Waals surface area contributed by atoms with Crippen molar-refractivity contribution >= 4 is 5.91 Å². The van der Waals surface area contributed by atoms with Crippen molar-refractivity contribution in [1.82, 2.24) is 4.90 Å². The summed E-state index contributed by atoms with van der Waals surface area (Å²) in [6.07, 6.45) is 0.190. The van der Waals surface area contributed by atoms with Crippen LogP contribution in [0.3, 0.4) is 0 Å². The van der Waals surface area contributed by atoms with Gasteiger partial charge in [-0.25, -0.2) is 4.39 Å². The second-order valence-corrected chi connectivity index (χ2v) is 5.51. The molecule has 0 spiro atoms. The standard InChI is InChI=1S/C19H22FNO3/c1-15-7-9-16(10-8-15)23-14-12-21(2)19(22)11-13-24-18-6-4-3-5-17(18)20/h3-10H,11-14H2,1-2H3. The molecule has 0 aliphatic carbocycles. The number of hydrogen-bond acceptors (Lipinski definition) is 3. The molecule has 0 radical (unpaired) electrons. The van der Waals surface area contributed by atoms with Crippen molar-refractivity contribution < 1.29 is 18.7 Å². The van der Waals surface area contributed by atoms with Crippen molar-refractivity contribution in [1.29, 1.82) is 0 Å². The van der Waals surface area contributed by atoms with Crippen LogP contribution in [0.15, 0.2) is 48.5 Å². The lowest BCUT2D eigenvalue weighted by Crippen LogP contribution is -2.31. The minimum Gasteiger partial charge on any atom is -0.492 e. The number of carbonyl (C=O) groups excluding carboxylic acids is 1. The maximum Gasteiger partial charge on any atom is 0.225 e. The smallest absolute Gasteiger partial charge is 0.225 e. The van der Waals surface area contributed by atoms with Crippen molar-refractivity contribution in [2.24, 2.45) is 0 Å². The highest BCUT2D eigenvalue weighted by Gasteiger charge is 2.10. The van der Waals surface area contributed by atoms with E-state index in [9.17, 15) is 9.18 Å². The summed E-state index contributed by atoms with van der Waals surface area (Å²) in [7, 11) is 1.71. The van der Waals surface area contributed by atoms with E-state index in [2.05, 4.69) is 0 Å². The van der Waals surface area contributed by atoms with Gasteiger partial charge in [-0.1, -0.05) is 29.8 Å². The number of amides is 1. The Bertz CT molecular complexity index is 658. The minimum atomic E-state index is -0.426. The van der Waals surface area contributed by atoms with Gasteiger partial charge in [0.15, 0.2) is 11.6 Å². The molecule has 5 heteroatoms. The van der Waals surface area contributed by atoms with Crippen molar-refractivity contribution in [2.45, 2.75) is 13.3 Å². The van der Waals surface area contributed by atoms with Crippen LogP contribution in [0.4, 0.5) is 4.39 Å². The van der Waals surface area contributed by atoms with Crippen LogP contribution < -0.4 is 9.47 Å². The molecule has 1 amide bonds. The van der Waals surface area contributed by atoms with E-state index in [1.54, 1.807) is 30.1 Å². The lowest BCUT2D eigenvalue weighted by atomic mass is 10.2. The average Bonchev–Trinajstić information content (AvgIpc) is 2.58. The first-order valence-corrected chi connectivity index (χ1v) is 7.87. The second-order valence-electron chi connectivity index (χ2n) is 5.51. The van der Waals surface area contributed by atoms with E-state index in [0.29, 0.717) is 13.2 Å². The Hall–Kier alpha value is -2.56. The monoisotopic (exact) mass is 331 g/mol. The highest BCUT2D eigenvalue weighted by atomic mass is 19.1. The summed E-state index contributed by atoms with van der Waals surface area (Å²) in [4.78, 5) is 13.6. The Morgan fingerprint density at radius 1 is 1.04 bits per heavy atom. The number of ether oxygens (including phenoxy) is 2. The van der Waals surface area contributed by atoms with Gasteiger partial charge in [-0.15, -0.1) is 0 Å². The molecule has 0 fully saturated rings. The summed E-state index contributed by atoms with van der Waals surface area (Å²) in [5, 5.41) is 0. The lowest BCUT2D eigenvalue weighted by molar-refractivity contribution is -0.130. The molecular weight excluding hydrogens is 309 g/mol. The highest BCUT2D eigenvalue weighted by Crippen LogP contribution is 2.15. The van der Waals surface area contributed by atoms with Crippen LogP contribution in [0.25, 0.3) is 0 Å². The maximum absolute atomic E-state index is 13.4. The molecule has 0 aliphatic rings. The van der Waals surface area contributed by atoms with Gasteiger partial charge in [0.25, 0.3) is 0 Å². The molecule has 0 saturated carbocycles. The third-order valence-corrected chi connectivity index (χ3v) is 3.55. The Balaban J connectivity index is 1.66. The SMILES string of the molecule is Cc1ccc(OCCN(C)C(=O)CCOc2ccccc2F)cc1. The first-order chi connectivity index (χ1) is 11.6. The number of hydrogen-bond donors (Lipinski definition) is 0. The van der Waals surface area contributed by atoms with E-state index < -0.39 is 5.82 Å². The second kappa shape index (κ2) is 8.91. The van der Waals surface area contributed by atoms with E-state index in [1.807, 2.05) is 31.2 Å². The van der Waals surface area contributed by atoms with Gasteiger partial charge in [0.2, 0.25) is 5.91 Å². The van der Waals surface area contributed by atoms with Crippen LogP contribution in [0.5, 0.6) is 11.5 Å². The molecule has 2 rings (SSSR count). The van der Waals surface area contributed by atoms with Crippen LogP contribution in [-0.2, 0) is 4.79 Å². The van der Waals surface area contributed by atoms with Gasteiger partial charge in [0.05, 0.1) is 19.6 Å². The van der Waals surface area contributed by atoms with E-state index in [0.717, 1.165) is 5.75 Å². The first-order valence-electron chi connectivity index (χ1n) is 7.87. The quantitative estimate of drug-likeness (QED) is 0.744. The summed E-state index contributed by atoms with van der Waals surface area (Å²) in [5.74, 6) is 0.448. The van der Waals surface area contributed by atoms with Gasteiger partial charge in [-0.2, -0.15) is 0 Å². The van der Waals surface area contributed by atoms with Crippen molar-refractivity contribution in [3.63, 3.8) is 0 Å². The molecule has 2 aromatic carbocycles. The fourth-order valence-electron chi connectivity index (χ4n) is 2.06. The summed E-state index contributed by atoms with van der Waals surface area (Å²) in [5.41, 5.74) is 1.17. The zero-order valence-electron chi connectivity index (χ0n) is 14.0. The van der Waals surface area contributed by atoms with E-state index in [1.165, 1.54) is 11.6 Å². The fraction of sp³-hybridized carbons (Fsp3) is 0.316. The molecule has 128 valence electrons. The molecule has 24 heavy (non-hydrogen) atoms. The summed E-state index contributed by atoms with van der Waals surface area (Å²) in [6, 6.07) is 13.9. The summed E-state index contributed by atoms with van der Waals surface area (Å²) >= 11 is 0. The van der Waals surface area contributed by atoms with Crippen LogP contribution in [0.1, 0.15) is 12.0 Å². The zero-order chi connectivity index (χ0) is 17.4. The van der Waals surface area contributed by atoms with Crippen LogP contribution in [0, 0.1) is 12.7 Å². The number of aryl methyl sites for hydroxylation is 1. The summed E-state index contributed by atoms with van der Waals surface area (Å²) in [6.45, 7) is 3.05. The first kappa shape index (κ1) is 17.8. The van der Waals surface area contributed by atoms with Crippen molar-refractivity contribution in [2.75, 3.05) is 26.8 Å². The fourth-order valence-corrected chi connectivity index (χ4v) is 2.06. The molecule has 0 atom stereocenters. The Morgan fingerprint density at radius 2 is 1.75 bits per heavy atom. The van der Waals surface area contributed by atoms with Crippen LogP contribution in [0.2, 0.25) is 0 Å². The topological polar surface area (TPSA) is 38.8 Å². The van der Waals surface area contributed by atoms with Crippen molar-refractivity contribution in [3.8, 4) is 11.5 Å².